The number of hydroxylamine groups is 1. The van der Waals surface area contributed by atoms with Crippen molar-refractivity contribution in [2.45, 2.75) is 31.0 Å². The highest BCUT2D eigenvalue weighted by Gasteiger charge is 2.50. The number of rotatable bonds is 1. The predicted octanol–water partition coefficient (Wildman–Crippen LogP) is 4.58. The molecule has 1 heterocycles. The molecule has 3 rings (SSSR count). The summed E-state index contributed by atoms with van der Waals surface area (Å²) in [6.45, 7) is 1.44. The van der Waals surface area contributed by atoms with Crippen LogP contribution >= 0.6 is 11.6 Å². The van der Waals surface area contributed by atoms with Crippen molar-refractivity contribution in [2.24, 2.45) is 5.84 Å². The van der Waals surface area contributed by atoms with Gasteiger partial charge in [0, 0.05) is 28.1 Å². The van der Waals surface area contributed by atoms with Crippen LogP contribution in [0, 0.1) is 17.7 Å². The smallest absolute Gasteiger partial charge is 0.271 e. The van der Waals surface area contributed by atoms with Gasteiger partial charge >= 0.3 is 6.18 Å². The first kappa shape index (κ1) is 20.6. The van der Waals surface area contributed by atoms with E-state index in [1.807, 2.05) is 0 Å². The largest absolute Gasteiger partial charge is 0.416 e. The minimum atomic E-state index is -4.61. The molecule has 0 unspecified atom stereocenters. The molecule has 2 atom stereocenters. The molecule has 0 amide bonds. The quantitative estimate of drug-likeness (QED) is 0.423. The Kier molecular flexibility index (Phi) is 5.69. The second-order valence-corrected chi connectivity index (χ2v) is 7.36. The lowest BCUT2D eigenvalue weighted by Gasteiger charge is -2.42. The van der Waals surface area contributed by atoms with Crippen LogP contribution in [0.15, 0.2) is 42.5 Å². The number of hydrogen-bond donors (Lipinski definition) is 1. The van der Waals surface area contributed by atoms with E-state index in [0.717, 1.165) is 0 Å². The van der Waals surface area contributed by atoms with Crippen LogP contribution < -0.4 is 5.84 Å². The zero-order chi connectivity index (χ0) is 20.5. The molecule has 8 heteroatoms. The number of alkyl halides is 3. The SMILES string of the molecule is C[C@@]1(c2cc(C#Cc3ccc(Cl)cc3)ccc2F)C[C@@H](C(F)(F)F)ON(N)C1. The summed E-state index contributed by atoms with van der Waals surface area (Å²) in [6.07, 6.45) is -7.17. The molecule has 2 aromatic rings. The van der Waals surface area contributed by atoms with Crippen molar-refractivity contribution in [3.05, 3.63) is 70.0 Å². The molecule has 1 saturated heterocycles. The molecule has 0 spiro atoms. The highest BCUT2D eigenvalue weighted by atomic mass is 35.5. The normalized spacial score (nSPS) is 23.2. The van der Waals surface area contributed by atoms with Gasteiger partial charge in [0.25, 0.3) is 0 Å². The molecule has 0 bridgehead atoms. The maximum absolute atomic E-state index is 14.5. The number of nitrogens with two attached hydrogens (primary N) is 1. The molecule has 0 aliphatic carbocycles. The third-order valence-electron chi connectivity index (χ3n) is 4.58. The van der Waals surface area contributed by atoms with Gasteiger partial charge in [-0.2, -0.15) is 13.2 Å². The summed E-state index contributed by atoms with van der Waals surface area (Å²) in [5.74, 6) is 10.7. The first-order valence-electron chi connectivity index (χ1n) is 8.40. The van der Waals surface area contributed by atoms with Gasteiger partial charge in [0.2, 0.25) is 0 Å². The van der Waals surface area contributed by atoms with Gasteiger partial charge in [-0.25, -0.2) is 10.2 Å². The van der Waals surface area contributed by atoms with Gasteiger partial charge in [-0.3, -0.25) is 4.84 Å². The molecule has 3 nitrogen and oxygen atoms in total. The number of hydrogen-bond acceptors (Lipinski definition) is 3. The minimum absolute atomic E-state index is 0.0927. The molecule has 0 saturated carbocycles. The molecule has 0 aromatic heterocycles. The summed E-state index contributed by atoms with van der Waals surface area (Å²) in [5, 5.41) is 1.19. The van der Waals surface area contributed by atoms with E-state index >= 15 is 0 Å². The Labute approximate surface area is 165 Å². The molecule has 0 radical (unpaired) electrons. The van der Waals surface area contributed by atoms with Crippen molar-refractivity contribution < 1.29 is 22.4 Å². The monoisotopic (exact) mass is 412 g/mol. The fraction of sp³-hybridized carbons (Fsp3) is 0.300. The van der Waals surface area contributed by atoms with Gasteiger partial charge in [-0.05, 0) is 54.4 Å². The second kappa shape index (κ2) is 7.72. The summed E-state index contributed by atoms with van der Waals surface area (Å²) >= 11 is 5.83. The van der Waals surface area contributed by atoms with Crippen LogP contribution in [0.5, 0.6) is 0 Å². The van der Waals surface area contributed by atoms with Gasteiger partial charge in [-0.1, -0.05) is 30.4 Å². The van der Waals surface area contributed by atoms with Crippen LogP contribution in [0.2, 0.25) is 5.02 Å². The van der Waals surface area contributed by atoms with E-state index in [-0.39, 0.29) is 12.1 Å². The van der Waals surface area contributed by atoms with Crippen molar-refractivity contribution in [3.63, 3.8) is 0 Å². The summed E-state index contributed by atoms with van der Waals surface area (Å²) in [6, 6.07) is 11.0. The average Bonchev–Trinajstić information content (AvgIpc) is 2.61. The van der Waals surface area contributed by atoms with Crippen molar-refractivity contribution >= 4 is 11.6 Å². The summed E-state index contributed by atoms with van der Waals surface area (Å²) in [5.41, 5.74) is 0.0994. The number of halogens is 5. The van der Waals surface area contributed by atoms with E-state index in [1.165, 1.54) is 25.1 Å². The van der Waals surface area contributed by atoms with Crippen LogP contribution in [0.4, 0.5) is 17.6 Å². The third-order valence-corrected chi connectivity index (χ3v) is 4.83. The van der Waals surface area contributed by atoms with Gasteiger partial charge in [-0.15, -0.1) is 5.17 Å². The molecule has 1 aliphatic rings. The number of benzene rings is 2. The molecule has 1 fully saturated rings. The Morgan fingerprint density at radius 3 is 2.39 bits per heavy atom. The third kappa shape index (κ3) is 4.65. The second-order valence-electron chi connectivity index (χ2n) is 6.93. The Morgan fingerprint density at radius 1 is 1.14 bits per heavy atom. The molecule has 2 aromatic carbocycles. The van der Waals surface area contributed by atoms with E-state index in [2.05, 4.69) is 16.7 Å². The first-order chi connectivity index (χ1) is 13.1. The van der Waals surface area contributed by atoms with E-state index in [1.54, 1.807) is 24.3 Å². The lowest BCUT2D eigenvalue weighted by Crippen LogP contribution is -2.55. The topological polar surface area (TPSA) is 38.5 Å². The van der Waals surface area contributed by atoms with Crippen LogP contribution in [0.25, 0.3) is 0 Å². The van der Waals surface area contributed by atoms with Crippen molar-refractivity contribution in [3.8, 4) is 11.8 Å². The van der Waals surface area contributed by atoms with Crippen LogP contribution in [0.1, 0.15) is 30.0 Å². The van der Waals surface area contributed by atoms with Gasteiger partial charge in [0.05, 0.1) is 0 Å². The van der Waals surface area contributed by atoms with Crippen LogP contribution in [-0.4, -0.2) is 24.0 Å². The molecule has 148 valence electrons. The van der Waals surface area contributed by atoms with Gasteiger partial charge < -0.3 is 0 Å². The van der Waals surface area contributed by atoms with E-state index < -0.39 is 29.9 Å². The fourth-order valence-electron chi connectivity index (χ4n) is 3.17. The standard InChI is InChI=1S/C20H17ClF4N2O/c1-19(11-18(20(23,24)25)28-27(26)12-19)16-10-14(6-9-17(16)22)3-2-13-4-7-15(21)8-5-13/h4-10,18H,11-12,26H2,1H3/t18-,19+/m0/s1. The minimum Gasteiger partial charge on any atom is -0.271 e. The Balaban J connectivity index is 1.93. The molecular formula is C20H17ClF4N2O. The van der Waals surface area contributed by atoms with E-state index in [4.69, 9.17) is 17.4 Å². The lowest BCUT2D eigenvalue weighted by molar-refractivity contribution is -0.327. The summed E-state index contributed by atoms with van der Waals surface area (Å²) < 4.78 is 54.0. The maximum Gasteiger partial charge on any atom is 0.416 e. The number of nitrogens with zero attached hydrogens (tertiary/aromatic N) is 1. The molecule has 2 N–H and O–H groups in total. The van der Waals surface area contributed by atoms with Crippen molar-refractivity contribution in [1.82, 2.24) is 5.17 Å². The van der Waals surface area contributed by atoms with E-state index in [9.17, 15) is 17.6 Å². The van der Waals surface area contributed by atoms with Crippen LogP contribution in [-0.2, 0) is 10.3 Å². The van der Waals surface area contributed by atoms with Gasteiger partial charge in [0.15, 0.2) is 6.10 Å². The Hall–Kier alpha value is -2.11. The van der Waals surface area contributed by atoms with Gasteiger partial charge in [0.1, 0.15) is 5.82 Å². The number of hydrazine groups is 1. The summed E-state index contributed by atoms with van der Waals surface area (Å²) in [4.78, 5) is 4.68. The predicted molar refractivity (Wildman–Crippen MR) is 97.6 cm³/mol. The van der Waals surface area contributed by atoms with Crippen LogP contribution in [0.3, 0.4) is 0 Å². The Morgan fingerprint density at radius 2 is 1.75 bits per heavy atom. The van der Waals surface area contributed by atoms with Crippen molar-refractivity contribution in [2.75, 3.05) is 6.54 Å². The molecular weight excluding hydrogens is 396 g/mol. The zero-order valence-electron chi connectivity index (χ0n) is 14.9. The maximum atomic E-state index is 14.5. The van der Waals surface area contributed by atoms with E-state index in [0.29, 0.717) is 21.3 Å². The highest BCUT2D eigenvalue weighted by Crippen LogP contribution is 2.40. The lowest BCUT2D eigenvalue weighted by atomic mass is 9.76. The van der Waals surface area contributed by atoms with Crippen molar-refractivity contribution in [1.29, 1.82) is 0 Å². The summed E-state index contributed by atoms with van der Waals surface area (Å²) in [7, 11) is 0. The molecule has 28 heavy (non-hydrogen) atoms. The highest BCUT2D eigenvalue weighted by molar-refractivity contribution is 6.30. The first-order valence-corrected chi connectivity index (χ1v) is 8.78. The fourth-order valence-corrected chi connectivity index (χ4v) is 3.30. The zero-order valence-corrected chi connectivity index (χ0v) is 15.6. The average molecular weight is 413 g/mol. The Bertz CT molecular complexity index is 921. The molecule has 1 aliphatic heterocycles.